The fourth-order valence-corrected chi connectivity index (χ4v) is 1.52. The number of amidine groups is 1. The average Bonchev–Trinajstić information content (AvgIpc) is 2.17. The molecule has 15 heavy (non-hydrogen) atoms. The van der Waals surface area contributed by atoms with Gasteiger partial charge < -0.3 is 5.73 Å². The minimum absolute atomic E-state index is 0. The molecule has 0 spiro atoms. The monoisotopic (exact) mass is 241 g/mol. The van der Waals surface area contributed by atoms with Crippen molar-refractivity contribution in [2.24, 2.45) is 5.73 Å². The second kappa shape index (κ2) is 7.16. The molecule has 3 N–H and O–H groups in total. The molecule has 0 aliphatic carbocycles. The number of nitrogens with one attached hydrogen (secondary N) is 1. The largest absolute Gasteiger partial charge is 0.379 e. The first-order valence-electron chi connectivity index (χ1n) is 4.14. The van der Waals surface area contributed by atoms with Gasteiger partial charge in [-0.25, -0.2) is 0 Å². The maximum absolute atomic E-state index is 8.47. The van der Waals surface area contributed by atoms with Gasteiger partial charge in [0.1, 0.15) is 0 Å². The van der Waals surface area contributed by atoms with Crippen molar-refractivity contribution >= 4 is 29.3 Å². The zero-order chi connectivity index (χ0) is 10.4. The van der Waals surface area contributed by atoms with Crippen LogP contribution >= 0.6 is 24.2 Å². The Morgan fingerprint density at radius 2 is 1.87 bits per heavy atom. The third-order valence-electron chi connectivity index (χ3n) is 1.70. The molecule has 0 bridgehead atoms. The van der Waals surface area contributed by atoms with Crippen LogP contribution in [0.15, 0.2) is 24.3 Å². The van der Waals surface area contributed by atoms with E-state index in [1.165, 1.54) is 11.8 Å². The van der Waals surface area contributed by atoms with Gasteiger partial charge in [-0.2, -0.15) is 5.26 Å². The highest BCUT2D eigenvalue weighted by molar-refractivity contribution is 8.13. The number of halogens is 1. The van der Waals surface area contributed by atoms with E-state index >= 15 is 0 Å². The lowest BCUT2D eigenvalue weighted by atomic mass is 10.1. The summed E-state index contributed by atoms with van der Waals surface area (Å²) >= 11 is 1.30. The summed E-state index contributed by atoms with van der Waals surface area (Å²) in [6.45, 7) is 0. The SMILES string of the molecule is Cl.N#CCc1ccc(CSC(=N)N)cc1. The van der Waals surface area contributed by atoms with Gasteiger partial charge in [-0.05, 0) is 11.1 Å². The predicted molar refractivity (Wildman–Crippen MR) is 66.2 cm³/mol. The lowest BCUT2D eigenvalue weighted by molar-refractivity contribution is 1.25. The summed E-state index contributed by atoms with van der Waals surface area (Å²) in [5, 5.41) is 15.6. The van der Waals surface area contributed by atoms with Crippen LogP contribution in [0.4, 0.5) is 0 Å². The Morgan fingerprint density at radius 1 is 1.33 bits per heavy atom. The van der Waals surface area contributed by atoms with Gasteiger partial charge in [0.2, 0.25) is 0 Å². The molecule has 0 saturated carbocycles. The zero-order valence-corrected chi connectivity index (χ0v) is 9.70. The molecule has 0 fully saturated rings. The first-order valence-corrected chi connectivity index (χ1v) is 5.12. The van der Waals surface area contributed by atoms with Crippen LogP contribution in [0.5, 0.6) is 0 Å². The van der Waals surface area contributed by atoms with E-state index in [4.69, 9.17) is 16.4 Å². The number of nitrogens with zero attached hydrogens (tertiary/aromatic N) is 1. The number of hydrogen-bond acceptors (Lipinski definition) is 3. The van der Waals surface area contributed by atoms with Crippen molar-refractivity contribution in [3.8, 4) is 6.07 Å². The minimum Gasteiger partial charge on any atom is -0.379 e. The number of nitriles is 1. The van der Waals surface area contributed by atoms with Crippen LogP contribution in [0.2, 0.25) is 0 Å². The highest BCUT2D eigenvalue weighted by Gasteiger charge is 1.96. The van der Waals surface area contributed by atoms with Crippen LogP contribution in [0.25, 0.3) is 0 Å². The van der Waals surface area contributed by atoms with E-state index in [0.29, 0.717) is 12.2 Å². The Kier molecular flexibility index (Phi) is 6.59. The Bertz CT molecular complexity index is 356. The molecule has 0 aromatic heterocycles. The molecule has 0 aliphatic rings. The topological polar surface area (TPSA) is 73.7 Å². The van der Waals surface area contributed by atoms with Crippen LogP contribution in [0.1, 0.15) is 11.1 Å². The summed E-state index contributed by atoms with van der Waals surface area (Å²) < 4.78 is 0. The van der Waals surface area contributed by atoms with Crippen LogP contribution in [0.3, 0.4) is 0 Å². The fourth-order valence-electron chi connectivity index (χ4n) is 1.01. The number of benzene rings is 1. The van der Waals surface area contributed by atoms with Gasteiger partial charge in [0.15, 0.2) is 5.17 Å². The number of rotatable bonds is 3. The van der Waals surface area contributed by atoms with E-state index in [1.54, 1.807) is 0 Å². The van der Waals surface area contributed by atoms with E-state index in [0.717, 1.165) is 11.1 Å². The Labute approximate surface area is 99.6 Å². The van der Waals surface area contributed by atoms with Gasteiger partial charge in [0.25, 0.3) is 0 Å². The summed E-state index contributed by atoms with van der Waals surface area (Å²) in [6.07, 6.45) is 0.445. The molecule has 1 aromatic rings. The molecule has 0 atom stereocenters. The molecule has 1 rings (SSSR count). The average molecular weight is 242 g/mol. The molecule has 0 saturated heterocycles. The third kappa shape index (κ3) is 5.31. The summed E-state index contributed by atoms with van der Waals surface area (Å²) in [6, 6.07) is 9.88. The summed E-state index contributed by atoms with van der Waals surface area (Å²) in [5.74, 6) is 0.710. The third-order valence-corrected chi connectivity index (χ3v) is 2.49. The smallest absolute Gasteiger partial charge is 0.151 e. The Hall–Kier alpha value is -1.18. The predicted octanol–water partition coefficient (Wildman–Crippen LogP) is 2.30. The van der Waals surface area contributed by atoms with Gasteiger partial charge in [0, 0.05) is 5.75 Å². The first kappa shape index (κ1) is 13.8. The molecule has 0 heterocycles. The van der Waals surface area contributed by atoms with Crippen LogP contribution in [-0.4, -0.2) is 5.17 Å². The summed E-state index contributed by atoms with van der Waals surface area (Å²) in [5.41, 5.74) is 7.36. The summed E-state index contributed by atoms with van der Waals surface area (Å²) in [7, 11) is 0. The van der Waals surface area contributed by atoms with Crippen molar-refractivity contribution in [3.63, 3.8) is 0 Å². The lowest BCUT2D eigenvalue weighted by Gasteiger charge is -2.00. The van der Waals surface area contributed by atoms with Gasteiger partial charge >= 0.3 is 0 Å². The molecule has 0 radical (unpaired) electrons. The Balaban J connectivity index is 0.00000196. The van der Waals surface area contributed by atoms with E-state index in [-0.39, 0.29) is 17.6 Å². The van der Waals surface area contributed by atoms with Gasteiger partial charge in [0.05, 0.1) is 12.5 Å². The van der Waals surface area contributed by atoms with Gasteiger partial charge in [-0.15, -0.1) is 12.4 Å². The summed E-state index contributed by atoms with van der Waals surface area (Å²) in [4.78, 5) is 0. The van der Waals surface area contributed by atoms with Crippen LogP contribution < -0.4 is 5.73 Å². The highest BCUT2D eigenvalue weighted by atomic mass is 35.5. The maximum Gasteiger partial charge on any atom is 0.151 e. The number of hydrogen-bond donors (Lipinski definition) is 2. The standard InChI is InChI=1S/C10H11N3S.ClH/c11-6-5-8-1-3-9(4-2-8)7-14-10(12)13;/h1-4H,5,7H2,(H3,12,13);1H. The highest BCUT2D eigenvalue weighted by Crippen LogP contribution is 2.12. The molecule has 5 heteroatoms. The molecule has 3 nitrogen and oxygen atoms in total. The normalized spacial score (nSPS) is 8.73. The molecule has 0 unspecified atom stereocenters. The zero-order valence-electron chi connectivity index (χ0n) is 8.06. The molecule has 0 amide bonds. The van der Waals surface area contributed by atoms with Crippen LogP contribution in [0, 0.1) is 16.7 Å². The number of thioether (sulfide) groups is 1. The van der Waals surface area contributed by atoms with Crippen molar-refractivity contribution in [1.29, 1.82) is 10.7 Å². The first-order chi connectivity index (χ1) is 6.72. The quantitative estimate of drug-likeness (QED) is 0.630. The fraction of sp³-hybridized carbons (Fsp3) is 0.200. The minimum atomic E-state index is 0. The van der Waals surface area contributed by atoms with Crippen molar-refractivity contribution in [2.75, 3.05) is 0 Å². The lowest BCUT2D eigenvalue weighted by Crippen LogP contribution is -2.03. The molecule has 0 aliphatic heterocycles. The second-order valence-corrected chi connectivity index (χ2v) is 3.82. The van der Waals surface area contributed by atoms with E-state index in [9.17, 15) is 0 Å². The molecular formula is C10H12ClN3S. The molecular weight excluding hydrogens is 230 g/mol. The molecule has 80 valence electrons. The van der Waals surface area contributed by atoms with Crippen molar-refractivity contribution in [1.82, 2.24) is 0 Å². The van der Waals surface area contributed by atoms with Crippen molar-refractivity contribution < 1.29 is 0 Å². The van der Waals surface area contributed by atoms with Gasteiger partial charge in [-0.3, -0.25) is 5.41 Å². The van der Waals surface area contributed by atoms with Crippen LogP contribution in [-0.2, 0) is 12.2 Å². The van der Waals surface area contributed by atoms with Gasteiger partial charge in [-0.1, -0.05) is 36.0 Å². The van der Waals surface area contributed by atoms with E-state index < -0.39 is 0 Å². The van der Waals surface area contributed by atoms with E-state index in [1.807, 2.05) is 24.3 Å². The van der Waals surface area contributed by atoms with E-state index in [2.05, 4.69) is 6.07 Å². The maximum atomic E-state index is 8.47. The second-order valence-electron chi connectivity index (χ2n) is 2.80. The van der Waals surface area contributed by atoms with Crippen molar-refractivity contribution in [2.45, 2.75) is 12.2 Å². The van der Waals surface area contributed by atoms with Crippen molar-refractivity contribution in [3.05, 3.63) is 35.4 Å². The molecule has 1 aromatic carbocycles. The Morgan fingerprint density at radius 3 is 2.33 bits per heavy atom. The number of nitrogens with two attached hydrogens (primary N) is 1.